The molecule has 0 amide bonds. The minimum Gasteiger partial charge on any atom is -0.314 e. The molecular weight excluding hydrogens is 276 g/mol. The molecule has 112 valence electrons. The molecule has 0 bridgehead atoms. The van der Waals surface area contributed by atoms with Gasteiger partial charge in [-0.05, 0) is 45.1 Å². The summed E-state index contributed by atoms with van der Waals surface area (Å²) < 4.78 is 26.6. The molecule has 7 heteroatoms. The first-order valence-electron chi connectivity index (χ1n) is 7.31. The Morgan fingerprint density at radius 3 is 2.60 bits per heavy atom. The summed E-state index contributed by atoms with van der Waals surface area (Å²) >= 11 is 0. The molecule has 1 saturated carbocycles. The van der Waals surface area contributed by atoms with Crippen molar-refractivity contribution in [3.63, 3.8) is 0 Å². The number of piperidine rings is 1. The molecule has 2 N–H and O–H groups in total. The number of hydrogen-bond donors (Lipinski definition) is 2. The number of hydrogen-bond acceptors (Lipinski definition) is 4. The van der Waals surface area contributed by atoms with Crippen LogP contribution in [0.5, 0.6) is 0 Å². The summed E-state index contributed by atoms with van der Waals surface area (Å²) in [5, 5.41) is 10.0. The second-order valence-corrected chi connectivity index (χ2v) is 7.80. The molecule has 0 aromatic carbocycles. The van der Waals surface area contributed by atoms with Crippen LogP contribution < -0.4 is 5.32 Å². The molecule has 0 unspecified atom stereocenters. The highest BCUT2D eigenvalue weighted by Crippen LogP contribution is 2.25. The summed E-state index contributed by atoms with van der Waals surface area (Å²) in [6, 6.07) is 0.727. The van der Waals surface area contributed by atoms with E-state index in [1.54, 1.807) is 11.2 Å². The summed E-state index contributed by atoms with van der Waals surface area (Å²) in [6.45, 7) is 4.00. The predicted molar refractivity (Wildman–Crippen MR) is 75.8 cm³/mol. The molecule has 2 aliphatic rings. The highest BCUT2D eigenvalue weighted by molar-refractivity contribution is 7.89. The van der Waals surface area contributed by atoms with Crippen LogP contribution in [0.3, 0.4) is 0 Å². The summed E-state index contributed by atoms with van der Waals surface area (Å²) in [6.07, 6.45) is 5.89. The maximum atomic E-state index is 12.5. The lowest BCUT2D eigenvalue weighted by Crippen LogP contribution is -2.41. The zero-order chi connectivity index (χ0) is 14.2. The van der Waals surface area contributed by atoms with Crippen LogP contribution in [0.25, 0.3) is 0 Å². The highest BCUT2D eigenvalue weighted by atomic mass is 32.2. The summed E-state index contributed by atoms with van der Waals surface area (Å²) in [7, 11) is -3.37. The Morgan fingerprint density at radius 1 is 1.35 bits per heavy atom. The fraction of sp³-hybridized carbons (Fsp3) is 0.769. The predicted octanol–water partition coefficient (Wildman–Crippen LogP) is 0.871. The molecule has 1 aromatic heterocycles. The van der Waals surface area contributed by atoms with Gasteiger partial charge >= 0.3 is 0 Å². The molecule has 1 aliphatic heterocycles. The van der Waals surface area contributed by atoms with Gasteiger partial charge in [-0.2, -0.15) is 9.40 Å². The van der Waals surface area contributed by atoms with E-state index in [4.69, 9.17) is 0 Å². The van der Waals surface area contributed by atoms with Crippen LogP contribution in [0, 0.1) is 12.8 Å². The van der Waals surface area contributed by atoms with Crippen LogP contribution in [-0.2, 0) is 10.0 Å². The SMILES string of the molecule is Cc1[nH]ncc1S(=O)(=O)N1CCC(CNC2CC2)CC1. The lowest BCUT2D eigenvalue weighted by molar-refractivity contribution is 0.267. The molecule has 0 spiro atoms. The van der Waals surface area contributed by atoms with E-state index < -0.39 is 10.0 Å². The van der Waals surface area contributed by atoms with E-state index in [0.29, 0.717) is 29.6 Å². The van der Waals surface area contributed by atoms with Gasteiger partial charge in [0, 0.05) is 19.1 Å². The Hall–Kier alpha value is -0.920. The van der Waals surface area contributed by atoms with Crippen LogP contribution in [-0.4, -0.2) is 48.6 Å². The number of rotatable bonds is 5. The fourth-order valence-electron chi connectivity index (χ4n) is 2.71. The van der Waals surface area contributed by atoms with Gasteiger partial charge in [-0.3, -0.25) is 5.10 Å². The van der Waals surface area contributed by atoms with Gasteiger partial charge in [-0.25, -0.2) is 8.42 Å². The van der Waals surface area contributed by atoms with E-state index in [0.717, 1.165) is 25.4 Å². The Labute approximate surface area is 120 Å². The quantitative estimate of drug-likeness (QED) is 0.845. The van der Waals surface area contributed by atoms with Gasteiger partial charge in [-0.1, -0.05) is 0 Å². The number of aromatic nitrogens is 2. The molecule has 3 rings (SSSR count). The fourth-order valence-corrected chi connectivity index (χ4v) is 4.30. The highest BCUT2D eigenvalue weighted by Gasteiger charge is 2.31. The molecule has 1 saturated heterocycles. The van der Waals surface area contributed by atoms with Gasteiger partial charge in [0.05, 0.1) is 11.9 Å². The van der Waals surface area contributed by atoms with Gasteiger partial charge in [-0.15, -0.1) is 0 Å². The number of H-pyrrole nitrogens is 1. The van der Waals surface area contributed by atoms with Gasteiger partial charge < -0.3 is 5.32 Å². The average molecular weight is 298 g/mol. The van der Waals surface area contributed by atoms with Crippen LogP contribution >= 0.6 is 0 Å². The van der Waals surface area contributed by atoms with E-state index in [-0.39, 0.29) is 0 Å². The summed E-state index contributed by atoms with van der Waals surface area (Å²) in [5.74, 6) is 0.604. The van der Waals surface area contributed by atoms with Crippen molar-refractivity contribution >= 4 is 10.0 Å². The second-order valence-electron chi connectivity index (χ2n) is 5.89. The van der Waals surface area contributed by atoms with Crippen molar-refractivity contribution in [3.8, 4) is 0 Å². The van der Waals surface area contributed by atoms with Crippen molar-refractivity contribution in [3.05, 3.63) is 11.9 Å². The first-order valence-corrected chi connectivity index (χ1v) is 8.75. The molecule has 1 aromatic rings. The molecule has 20 heavy (non-hydrogen) atoms. The number of sulfonamides is 1. The Morgan fingerprint density at radius 2 is 2.05 bits per heavy atom. The largest absolute Gasteiger partial charge is 0.314 e. The molecule has 6 nitrogen and oxygen atoms in total. The van der Waals surface area contributed by atoms with Crippen molar-refractivity contribution in [2.75, 3.05) is 19.6 Å². The molecule has 2 fully saturated rings. The van der Waals surface area contributed by atoms with Crippen molar-refractivity contribution in [1.82, 2.24) is 19.8 Å². The Kier molecular flexibility index (Phi) is 3.83. The topological polar surface area (TPSA) is 78.1 Å². The molecule has 1 aliphatic carbocycles. The maximum absolute atomic E-state index is 12.5. The molecule has 0 radical (unpaired) electrons. The maximum Gasteiger partial charge on any atom is 0.246 e. The normalized spacial score (nSPS) is 22.2. The van der Waals surface area contributed by atoms with Gasteiger partial charge in [0.1, 0.15) is 4.90 Å². The van der Waals surface area contributed by atoms with Crippen molar-refractivity contribution in [2.24, 2.45) is 5.92 Å². The van der Waals surface area contributed by atoms with E-state index in [1.807, 2.05) is 0 Å². The lowest BCUT2D eigenvalue weighted by Gasteiger charge is -2.31. The van der Waals surface area contributed by atoms with E-state index in [2.05, 4.69) is 15.5 Å². The van der Waals surface area contributed by atoms with E-state index in [1.165, 1.54) is 19.0 Å². The molecule has 2 heterocycles. The monoisotopic (exact) mass is 298 g/mol. The van der Waals surface area contributed by atoms with Crippen LogP contribution in [0.2, 0.25) is 0 Å². The van der Waals surface area contributed by atoms with Crippen LogP contribution in [0.4, 0.5) is 0 Å². The van der Waals surface area contributed by atoms with Crippen molar-refractivity contribution < 1.29 is 8.42 Å². The first-order chi connectivity index (χ1) is 9.57. The second kappa shape index (κ2) is 5.46. The van der Waals surface area contributed by atoms with Crippen LogP contribution in [0.15, 0.2) is 11.1 Å². The number of nitrogens with one attached hydrogen (secondary N) is 2. The van der Waals surface area contributed by atoms with Crippen molar-refractivity contribution in [2.45, 2.75) is 43.5 Å². The third kappa shape index (κ3) is 2.89. The van der Waals surface area contributed by atoms with Gasteiger partial charge in [0.25, 0.3) is 0 Å². The smallest absolute Gasteiger partial charge is 0.246 e. The van der Waals surface area contributed by atoms with Gasteiger partial charge in [0.2, 0.25) is 10.0 Å². The van der Waals surface area contributed by atoms with Crippen LogP contribution in [0.1, 0.15) is 31.4 Å². The van der Waals surface area contributed by atoms with E-state index in [9.17, 15) is 8.42 Å². The molecule has 0 atom stereocenters. The standard InChI is InChI=1S/C13H22N4O2S/c1-10-13(9-15-16-10)20(18,19)17-6-4-11(5-7-17)8-14-12-2-3-12/h9,11-12,14H,2-8H2,1H3,(H,15,16). The minimum atomic E-state index is -3.37. The van der Waals surface area contributed by atoms with Crippen molar-refractivity contribution in [1.29, 1.82) is 0 Å². The third-order valence-corrected chi connectivity index (χ3v) is 6.26. The third-order valence-electron chi connectivity index (χ3n) is 4.25. The van der Waals surface area contributed by atoms with E-state index >= 15 is 0 Å². The minimum absolute atomic E-state index is 0.312. The molecular formula is C13H22N4O2S. The summed E-state index contributed by atoms with van der Waals surface area (Å²) in [5.41, 5.74) is 0.613. The zero-order valence-corrected chi connectivity index (χ0v) is 12.6. The number of aromatic amines is 1. The first kappa shape index (κ1) is 14.0. The Balaban J connectivity index is 1.58. The Bertz CT molecular complexity index is 557. The zero-order valence-electron chi connectivity index (χ0n) is 11.8. The number of nitrogens with zero attached hydrogens (tertiary/aromatic N) is 2. The lowest BCUT2D eigenvalue weighted by atomic mass is 9.98. The average Bonchev–Trinajstić information content (AvgIpc) is 3.17. The van der Waals surface area contributed by atoms with Gasteiger partial charge in [0.15, 0.2) is 0 Å². The summed E-state index contributed by atoms with van der Waals surface area (Å²) in [4.78, 5) is 0.312. The number of aryl methyl sites for hydroxylation is 1.